The zero-order valence-electron chi connectivity index (χ0n) is 71.7. The van der Waals surface area contributed by atoms with Gasteiger partial charge in [-0.05, 0) is 206 Å². The number of para-hydroxylation sites is 4. The van der Waals surface area contributed by atoms with Gasteiger partial charge in [-0.3, -0.25) is 0 Å². The molecule has 612 valence electrons. The minimum absolute atomic E-state index is 0.443. The number of fused-ring (bicyclic) bond motifs is 30. The van der Waals surface area contributed by atoms with Gasteiger partial charge in [-0.1, -0.05) is 400 Å². The molecule has 4 aromatic heterocycles. The summed E-state index contributed by atoms with van der Waals surface area (Å²) in [5.74, 6) is 1.39. The molecular formula is C126H78N6. The van der Waals surface area contributed by atoms with Crippen LogP contribution in [0.5, 0.6) is 0 Å². The second-order valence-electron chi connectivity index (χ2n) is 35.2. The van der Waals surface area contributed by atoms with Crippen LogP contribution in [0.15, 0.2) is 473 Å². The molecule has 6 nitrogen and oxygen atoms in total. The van der Waals surface area contributed by atoms with E-state index >= 15 is 0 Å². The van der Waals surface area contributed by atoms with Crippen LogP contribution in [-0.4, -0.2) is 29.1 Å². The van der Waals surface area contributed by atoms with Crippen molar-refractivity contribution in [1.82, 2.24) is 29.1 Å². The molecule has 4 heterocycles. The van der Waals surface area contributed by atoms with E-state index in [2.05, 4.69) is 458 Å². The van der Waals surface area contributed by atoms with Crippen molar-refractivity contribution >= 4 is 65.2 Å². The fourth-order valence-corrected chi connectivity index (χ4v) is 22.9. The van der Waals surface area contributed by atoms with Gasteiger partial charge in [0.15, 0.2) is 11.6 Å². The molecule has 20 aromatic carbocycles. The minimum atomic E-state index is -0.446. The molecule has 0 radical (unpaired) electrons. The van der Waals surface area contributed by atoms with Gasteiger partial charge < -0.3 is 9.13 Å². The molecule has 0 aliphatic heterocycles. The third-order valence-corrected chi connectivity index (χ3v) is 28.5. The van der Waals surface area contributed by atoms with Gasteiger partial charge in [0.25, 0.3) is 0 Å². The van der Waals surface area contributed by atoms with Crippen molar-refractivity contribution in [2.24, 2.45) is 0 Å². The van der Waals surface area contributed by atoms with E-state index in [0.717, 1.165) is 73.1 Å². The Balaban J connectivity index is 0.000000135. The van der Waals surface area contributed by atoms with Crippen LogP contribution in [0.3, 0.4) is 0 Å². The molecule has 132 heavy (non-hydrogen) atoms. The fraction of sp³-hybridized carbons (Fsp3) is 0.0159. The first-order valence-corrected chi connectivity index (χ1v) is 45.5. The van der Waals surface area contributed by atoms with E-state index in [-0.39, 0.29) is 0 Å². The Hall–Kier alpha value is -17.3. The Morgan fingerprint density at radius 3 is 0.742 bits per heavy atom. The maximum atomic E-state index is 5.30. The summed E-state index contributed by atoms with van der Waals surface area (Å²) in [5.41, 5.74) is 41.8. The lowest BCUT2D eigenvalue weighted by molar-refractivity contribution is 0.801. The van der Waals surface area contributed by atoms with Crippen molar-refractivity contribution in [2.75, 3.05) is 0 Å². The van der Waals surface area contributed by atoms with Crippen LogP contribution in [-0.2, 0) is 10.8 Å². The SMILES string of the molecule is c1ccc(-c2cc(-c3ccc(-n4c5ccccc5c5ccccc54)cc3)nc(-c3ccc(-c4cc5ccccc5c5c4-c4ccccc4C54c5ccccc5-c5ccccc54)cc3)n2)cc1.c1ccc(-c2nc(-c3ccc(-c4cc5ccccc5c5c4-c4ccccc4C54c5ccccc5-c5ccccc54)cc3)cc(-c3ccc(-n4c5ccccc5c5ccccc54)cc3)n2)cc1. The van der Waals surface area contributed by atoms with Gasteiger partial charge in [-0.25, -0.2) is 19.9 Å². The number of nitrogens with zero attached hydrogens (tertiary/aromatic N) is 6. The van der Waals surface area contributed by atoms with Crippen molar-refractivity contribution < 1.29 is 0 Å². The number of hydrogen-bond donors (Lipinski definition) is 0. The molecule has 0 amide bonds. The van der Waals surface area contributed by atoms with E-state index in [0.29, 0.717) is 11.6 Å². The van der Waals surface area contributed by atoms with Crippen LogP contribution >= 0.6 is 0 Å². The van der Waals surface area contributed by atoms with Gasteiger partial charge >= 0.3 is 0 Å². The molecule has 2 spiro atoms. The topological polar surface area (TPSA) is 61.4 Å². The first-order chi connectivity index (χ1) is 65.5. The van der Waals surface area contributed by atoms with E-state index in [4.69, 9.17) is 19.9 Å². The van der Waals surface area contributed by atoms with Crippen LogP contribution in [0.4, 0.5) is 0 Å². The average Bonchev–Trinajstić information content (AvgIpc) is 1.50. The lowest BCUT2D eigenvalue weighted by atomic mass is 9.69. The highest BCUT2D eigenvalue weighted by atomic mass is 15.0. The summed E-state index contributed by atoms with van der Waals surface area (Å²) in [4.78, 5) is 21.0. The molecule has 4 aliphatic carbocycles. The molecule has 0 unspecified atom stereocenters. The van der Waals surface area contributed by atoms with Crippen LogP contribution in [0.1, 0.15) is 44.5 Å². The molecule has 0 N–H and O–H groups in total. The first kappa shape index (κ1) is 74.9. The standard InChI is InChI=1S/2C63H39N3/c1-2-16-43(17-3-1)62-64-56(39-57(65-62)42-34-36-45(37-35-42)66-58-28-14-9-22-49(58)50-23-10-15-29-59(50)66)41-32-30-40(31-33-41)52-38-44-18-4-5-19-46(44)61-60(52)51-24-8-13-27-55(51)63(61)53-25-11-6-20-47(53)48-21-7-12-26-54(48)63;1-2-16-41(17-3-1)56-39-57(42-34-36-45(37-35-42)66-58-28-14-9-22-49(58)50-23-10-15-29-59(50)66)65-62(64-56)43-32-30-40(31-33-43)52-38-44-18-4-5-19-46(44)61-60(52)51-24-8-13-27-55(51)63(61)53-25-11-6-20-47(53)48-21-7-12-26-54(48)63/h2*1-39H. The Labute approximate surface area is 763 Å². The van der Waals surface area contributed by atoms with Gasteiger partial charge in [0.05, 0.1) is 55.7 Å². The van der Waals surface area contributed by atoms with Crippen LogP contribution in [0.25, 0.3) is 211 Å². The van der Waals surface area contributed by atoms with Gasteiger partial charge in [-0.2, -0.15) is 0 Å². The molecule has 4 aliphatic rings. The quantitative estimate of drug-likeness (QED) is 0.137. The molecule has 0 saturated carbocycles. The normalized spacial score (nSPS) is 13.0. The monoisotopic (exact) mass is 1670 g/mol. The zero-order chi connectivity index (χ0) is 86.7. The summed E-state index contributed by atoms with van der Waals surface area (Å²) in [6.45, 7) is 0. The number of benzene rings is 20. The van der Waals surface area contributed by atoms with Crippen molar-refractivity contribution in [3.8, 4) is 146 Å². The highest BCUT2D eigenvalue weighted by molar-refractivity contribution is 6.14. The van der Waals surface area contributed by atoms with E-state index in [1.54, 1.807) is 0 Å². The molecule has 0 saturated heterocycles. The van der Waals surface area contributed by atoms with Gasteiger partial charge in [-0.15, -0.1) is 0 Å². The summed E-state index contributed by atoms with van der Waals surface area (Å²) in [5, 5.41) is 10.1. The van der Waals surface area contributed by atoms with Crippen molar-refractivity contribution in [1.29, 1.82) is 0 Å². The second-order valence-corrected chi connectivity index (χ2v) is 35.2. The van der Waals surface area contributed by atoms with E-state index in [1.165, 1.54) is 171 Å². The molecule has 0 atom stereocenters. The zero-order valence-corrected chi connectivity index (χ0v) is 71.7. The Bertz CT molecular complexity index is 8150. The maximum absolute atomic E-state index is 5.30. The largest absolute Gasteiger partial charge is 0.309 e. The minimum Gasteiger partial charge on any atom is -0.309 e. The smallest absolute Gasteiger partial charge is 0.160 e. The van der Waals surface area contributed by atoms with Crippen molar-refractivity contribution in [2.45, 2.75) is 10.8 Å². The predicted octanol–water partition coefficient (Wildman–Crippen LogP) is 31.5. The second kappa shape index (κ2) is 29.6. The molecular weight excluding hydrogens is 1600 g/mol. The highest BCUT2D eigenvalue weighted by Gasteiger charge is 2.55. The van der Waals surface area contributed by atoms with Crippen LogP contribution < -0.4 is 0 Å². The van der Waals surface area contributed by atoms with Gasteiger partial charge in [0.2, 0.25) is 0 Å². The Kier molecular flexibility index (Phi) is 16.8. The summed E-state index contributed by atoms with van der Waals surface area (Å²) >= 11 is 0. The van der Waals surface area contributed by atoms with Crippen molar-refractivity contribution in [3.63, 3.8) is 0 Å². The summed E-state index contributed by atoms with van der Waals surface area (Å²) in [7, 11) is 0. The first-order valence-electron chi connectivity index (χ1n) is 45.5. The lowest BCUT2D eigenvalue weighted by Gasteiger charge is -2.31. The third-order valence-electron chi connectivity index (χ3n) is 28.5. The van der Waals surface area contributed by atoms with Crippen LogP contribution in [0.2, 0.25) is 0 Å². The average molecular weight is 1680 g/mol. The lowest BCUT2D eigenvalue weighted by Crippen LogP contribution is -2.26. The summed E-state index contributed by atoms with van der Waals surface area (Å²) in [6, 6.07) is 172. The molecule has 24 aromatic rings. The van der Waals surface area contributed by atoms with Gasteiger partial charge in [0.1, 0.15) is 0 Å². The maximum Gasteiger partial charge on any atom is 0.160 e. The van der Waals surface area contributed by atoms with E-state index in [1.807, 2.05) is 24.3 Å². The molecule has 28 rings (SSSR count). The summed E-state index contributed by atoms with van der Waals surface area (Å²) < 4.78 is 4.71. The molecule has 6 heteroatoms. The number of aromatic nitrogens is 6. The Morgan fingerprint density at radius 1 is 0.167 bits per heavy atom. The van der Waals surface area contributed by atoms with Gasteiger partial charge in [0, 0.05) is 66.3 Å². The molecule has 0 bridgehead atoms. The van der Waals surface area contributed by atoms with E-state index in [9.17, 15) is 0 Å². The predicted molar refractivity (Wildman–Crippen MR) is 544 cm³/mol. The number of hydrogen-bond acceptors (Lipinski definition) is 4. The fourth-order valence-electron chi connectivity index (χ4n) is 22.9. The third kappa shape index (κ3) is 11.2. The molecule has 0 fully saturated rings. The van der Waals surface area contributed by atoms with Crippen molar-refractivity contribution in [3.05, 3.63) is 518 Å². The number of rotatable bonds is 10. The highest BCUT2D eigenvalue weighted by Crippen LogP contribution is 2.68. The van der Waals surface area contributed by atoms with Crippen LogP contribution in [0, 0.1) is 0 Å². The van der Waals surface area contributed by atoms with E-state index < -0.39 is 10.8 Å². The summed E-state index contributed by atoms with van der Waals surface area (Å²) in [6.07, 6.45) is 0. The Morgan fingerprint density at radius 2 is 0.402 bits per heavy atom.